The van der Waals surface area contributed by atoms with E-state index in [4.69, 9.17) is 9.47 Å². The summed E-state index contributed by atoms with van der Waals surface area (Å²) in [7, 11) is -3.60. The molecule has 0 radical (unpaired) electrons. The predicted molar refractivity (Wildman–Crippen MR) is 176 cm³/mol. The quantitative estimate of drug-likeness (QED) is 0.150. The highest BCUT2D eigenvalue weighted by Crippen LogP contribution is 2.39. The van der Waals surface area contributed by atoms with Crippen molar-refractivity contribution in [1.29, 1.82) is 0 Å². The molecule has 1 saturated heterocycles. The van der Waals surface area contributed by atoms with Crippen LogP contribution in [-0.2, 0) is 32.6 Å². The van der Waals surface area contributed by atoms with Gasteiger partial charge in [-0.05, 0) is 58.1 Å². The number of sulfonamides is 1. The number of nitrogens with zero attached hydrogens (tertiary/aromatic N) is 1. The molecule has 0 aliphatic carbocycles. The number of aliphatic hydroxyl groups excluding tert-OH is 1. The highest BCUT2D eigenvalue weighted by Gasteiger charge is 2.32. The van der Waals surface area contributed by atoms with Gasteiger partial charge in [0.05, 0.1) is 28.7 Å². The van der Waals surface area contributed by atoms with Crippen LogP contribution in [0.4, 0.5) is 0 Å². The van der Waals surface area contributed by atoms with E-state index in [1.165, 1.54) is 0 Å². The van der Waals surface area contributed by atoms with Gasteiger partial charge in [0.25, 0.3) is 0 Å². The number of pyridine rings is 1. The molecule has 4 aromatic carbocycles. The van der Waals surface area contributed by atoms with Crippen molar-refractivity contribution in [3.05, 3.63) is 150 Å². The van der Waals surface area contributed by atoms with Crippen LogP contribution in [0.15, 0.2) is 137 Å². The van der Waals surface area contributed by atoms with Gasteiger partial charge in [0, 0.05) is 30.5 Å². The molecule has 5 aromatic rings. The lowest BCUT2D eigenvalue weighted by Gasteiger charge is -2.36. The summed E-state index contributed by atoms with van der Waals surface area (Å²) < 4.78 is 41.0. The van der Waals surface area contributed by atoms with Gasteiger partial charge in [-0.15, -0.1) is 11.8 Å². The van der Waals surface area contributed by atoms with Gasteiger partial charge in [-0.3, -0.25) is 0 Å². The van der Waals surface area contributed by atoms with E-state index in [1.54, 1.807) is 48.3 Å². The summed E-state index contributed by atoms with van der Waals surface area (Å²) >= 11 is 1.67. The van der Waals surface area contributed by atoms with Gasteiger partial charge in [-0.1, -0.05) is 91.0 Å². The molecular weight excluding hydrogens is 605 g/mol. The maximum absolute atomic E-state index is 12.7. The van der Waals surface area contributed by atoms with Gasteiger partial charge in [0.1, 0.15) is 0 Å². The van der Waals surface area contributed by atoms with E-state index in [-0.39, 0.29) is 30.3 Å². The smallest absolute Gasteiger partial charge is 0.240 e. The maximum Gasteiger partial charge on any atom is 0.240 e. The molecule has 2 heterocycles. The monoisotopic (exact) mass is 638 g/mol. The van der Waals surface area contributed by atoms with Gasteiger partial charge in [-0.2, -0.15) is 0 Å². The SMILES string of the molecule is O=S(=O)(NCc1cccc(-c2ccc(C3OC(CSc4ccccn4)CC(c4ccc(CO)cc4)O3)cc2)c1)c1ccccc1. The second kappa shape index (κ2) is 14.5. The van der Waals surface area contributed by atoms with Gasteiger partial charge in [-0.25, -0.2) is 18.1 Å². The Morgan fingerprint density at radius 2 is 1.53 bits per heavy atom. The van der Waals surface area contributed by atoms with Crippen LogP contribution in [-0.4, -0.2) is 30.4 Å². The normalized spacial score (nSPS) is 18.5. The first kappa shape index (κ1) is 31.2. The molecule has 7 nitrogen and oxygen atoms in total. The van der Waals surface area contributed by atoms with Crippen molar-refractivity contribution in [2.24, 2.45) is 0 Å². The van der Waals surface area contributed by atoms with E-state index in [9.17, 15) is 13.5 Å². The highest BCUT2D eigenvalue weighted by molar-refractivity contribution is 7.99. The summed E-state index contributed by atoms with van der Waals surface area (Å²) in [5.41, 5.74) is 5.66. The third-order valence-corrected chi connectivity index (χ3v) is 10.1. The average molecular weight is 639 g/mol. The molecule has 6 rings (SSSR count). The van der Waals surface area contributed by atoms with Crippen LogP contribution in [0, 0.1) is 0 Å². The standard InChI is InChI=1S/C36H34N2O5S2/c39-24-26-12-14-29(15-13-26)34-22-32(25-44-35-11-4-5-20-37-35)42-36(43-34)30-18-16-28(17-19-30)31-8-6-7-27(21-31)23-38-45(40,41)33-9-2-1-3-10-33/h1-21,32,34,36,38-39H,22-25H2. The highest BCUT2D eigenvalue weighted by atomic mass is 32.2. The van der Waals surface area contributed by atoms with Crippen molar-refractivity contribution in [2.45, 2.75) is 48.0 Å². The second-order valence-corrected chi connectivity index (χ2v) is 13.6. The molecule has 230 valence electrons. The molecule has 0 saturated carbocycles. The van der Waals surface area contributed by atoms with Crippen molar-refractivity contribution in [3.8, 4) is 11.1 Å². The number of aromatic nitrogens is 1. The van der Waals surface area contributed by atoms with E-state index in [0.717, 1.165) is 44.2 Å². The van der Waals surface area contributed by atoms with Crippen LogP contribution in [0.3, 0.4) is 0 Å². The first-order valence-electron chi connectivity index (χ1n) is 14.8. The molecule has 3 unspecified atom stereocenters. The summed E-state index contributed by atoms with van der Waals surface area (Å²) in [6.45, 7) is 0.185. The van der Waals surface area contributed by atoms with E-state index < -0.39 is 16.3 Å². The lowest BCUT2D eigenvalue weighted by atomic mass is 9.99. The maximum atomic E-state index is 12.7. The Hall–Kier alpha value is -3.83. The van der Waals surface area contributed by atoms with Crippen molar-refractivity contribution in [1.82, 2.24) is 9.71 Å². The van der Waals surface area contributed by atoms with Crippen LogP contribution >= 0.6 is 11.8 Å². The van der Waals surface area contributed by atoms with Gasteiger partial charge in [0.2, 0.25) is 10.0 Å². The lowest BCUT2D eigenvalue weighted by Crippen LogP contribution is -2.31. The van der Waals surface area contributed by atoms with E-state index >= 15 is 0 Å². The van der Waals surface area contributed by atoms with Crippen molar-refractivity contribution in [3.63, 3.8) is 0 Å². The van der Waals surface area contributed by atoms with E-state index in [2.05, 4.69) is 9.71 Å². The zero-order chi connectivity index (χ0) is 31.1. The van der Waals surface area contributed by atoms with Crippen LogP contribution in [0.5, 0.6) is 0 Å². The molecule has 45 heavy (non-hydrogen) atoms. The Morgan fingerprint density at radius 1 is 0.778 bits per heavy atom. The minimum absolute atomic E-state index is 0.000559. The van der Waals surface area contributed by atoms with Gasteiger partial charge in [0.15, 0.2) is 6.29 Å². The molecule has 1 aliphatic heterocycles. The van der Waals surface area contributed by atoms with E-state index in [1.807, 2.05) is 91.0 Å². The molecule has 1 aromatic heterocycles. The molecular formula is C36H34N2O5S2. The van der Waals surface area contributed by atoms with Crippen LogP contribution in [0.25, 0.3) is 11.1 Å². The first-order chi connectivity index (χ1) is 22.0. The molecule has 9 heteroatoms. The topological polar surface area (TPSA) is 97.8 Å². The van der Waals surface area contributed by atoms with Crippen LogP contribution in [0.2, 0.25) is 0 Å². The first-order valence-corrected chi connectivity index (χ1v) is 17.2. The number of rotatable bonds is 11. The molecule has 0 spiro atoms. The zero-order valence-corrected chi connectivity index (χ0v) is 26.2. The molecule has 3 atom stereocenters. The number of hydrogen-bond acceptors (Lipinski definition) is 7. The van der Waals surface area contributed by atoms with E-state index in [0.29, 0.717) is 6.42 Å². The van der Waals surface area contributed by atoms with Crippen LogP contribution < -0.4 is 4.72 Å². The van der Waals surface area contributed by atoms with Crippen molar-refractivity contribution < 1.29 is 23.0 Å². The summed E-state index contributed by atoms with van der Waals surface area (Å²) in [4.78, 5) is 4.68. The Bertz CT molecular complexity index is 1790. The van der Waals surface area contributed by atoms with Crippen molar-refractivity contribution in [2.75, 3.05) is 5.75 Å². The molecule has 1 aliphatic rings. The zero-order valence-electron chi connectivity index (χ0n) is 24.5. The van der Waals surface area contributed by atoms with Crippen LogP contribution in [0.1, 0.15) is 41.1 Å². The minimum Gasteiger partial charge on any atom is -0.392 e. The fourth-order valence-electron chi connectivity index (χ4n) is 5.19. The Balaban J connectivity index is 1.16. The second-order valence-electron chi connectivity index (χ2n) is 10.8. The number of aliphatic hydroxyl groups is 1. The number of nitrogens with one attached hydrogen (secondary N) is 1. The fraction of sp³-hybridized carbons (Fsp3) is 0.194. The Morgan fingerprint density at radius 3 is 2.27 bits per heavy atom. The van der Waals surface area contributed by atoms with Gasteiger partial charge >= 0.3 is 0 Å². The molecule has 2 N–H and O–H groups in total. The lowest BCUT2D eigenvalue weighted by molar-refractivity contribution is -0.245. The third kappa shape index (κ3) is 8.07. The van der Waals surface area contributed by atoms with Crippen molar-refractivity contribution >= 4 is 21.8 Å². The largest absolute Gasteiger partial charge is 0.392 e. The molecule has 0 bridgehead atoms. The third-order valence-electron chi connectivity index (χ3n) is 7.63. The number of hydrogen-bond donors (Lipinski definition) is 2. The van der Waals surface area contributed by atoms with Gasteiger partial charge < -0.3 is 14.6 Å². The fourth-order valence-corrected chi connectivity index (χ4v) is 7.11. The number of ether oxygens (including phenoxy) is 2. The summed E-state index contributed by atoms with van der Waals surface area (Å²) in [6.07, 6.45) is 1.72. The predicted octanol–water partition coefficient (Wildman–Crippen LogP) is 7.06. The Labute approximate surface area is 268 Å². The molecule has 0 amide bonds. The summed E-state index contributed by atoms with van der Waals surface area (Å²) in [5.74, 6) is 0.737. The summed E-state index contributed by atoms with van der Waals surface area (Å²) in [5, 5.41) is 10.4. The average Bonchev–Trinajstić information content (AvgIpc) is 3.11. The summed E-state index contributed by atoms with van der Waals surface area (Å²) in [6, 6.07) is 38.1. The number of thioether (sulfide) groups is 1. The Kier molecular flexibility index (Phi) is 10.0. The molecule has 1 fully saturated rings. The minimum atomic E-state index is -3.60. The number of benzene rings is 4.